The molecular weight excluding hydrogens is 250 g/mol. The highest BCUT2D eigenvalue weighted by Crippen LogP contribution is 2.08. The minimum absolute atomic E-state index is 0.0559. The van der Waals surface area contributed by atoms with Crippen LogP contribution in [-0.2, 0) is 9.53 Å². The number of hydrogen-bond acceptors (Lipinski definition) is 6. The summed E-state index contributed by atoms with van der Waals surface area (Å²) in [7, 11) is 0. The number of carbonyl (C=O) groups is 2. The molecule has 1 rings (SSSR count). The lowest BCUT2D eigenvalue weighted by molar-refractivity contribution is -0.121. The molecule has 0 fully saturated rings. The number of nitrogens with one attached hydrogen (secondary N) is 2. The fraction of sp³-hybridized carbons (Fsp3) is 0.583. The lowest BCUT2D eigenvalue weighted by Crippen LogP contribution is -2.31. The summed E-state index contributed by atoms with van der Waals surface area (Å²) in [6.45, 7) is 6.16. The van der Waals surface area contributed by atoms with Gasteiger partial charge in [-0.15, -0.1) is 0 Å². The second kappa shape index (κ2) is 7.40. The highest BCUT2D eigenvalue weighted by atomic mass is 16.5. The predicted molar refractivity (Wildman–Crippen MR) is 68.8 cm³/mol. The van der Waals surface area contributed by atoms with Gasteiger partial charge in [-0.1, -0.05) is 0 Å². The van der Waals surface area contributed by atoms with Crippen molar-refractivity contribution >= 4 is 17.9 Å². The van der Waals surface area contributed by atoms with Crippen molar-refractivity contribution in [2.45, 2.75) is 33.2 Å². The summed E-state index contributed by atoms with van der Waals surface area (Å²) in [6, 6.07) is 0.310. The van der Waals surface area contributed by atoms with E-state index in [2.05, 4.69) is 15.6 Å². The van der Waals surface area contributed by atoms with Crippen LogP contribution in [0.15, 0.2) is 10.7 Å². The van der Waals surface area contributed by atoms with Crippen LogP contribution in [0.3, 0.4) is 0 Å². The molecule has 1 heterocycles. The first-order chi connectivity index (χ1) is 9.02. The van der Waals surface area contributed by atoms with Crippen molar-refractivity contribution in [1.29, 1.82) is 0 Å². The average molecular weight is 269 g/mol. The van der Waals surface area contributed by atoms with Gasteiger partial charge in [-0.2, -0.15) is 4.98 Å². The molecule has 0 bridgehead atoms. The summed E-state index contributed by atoms with van der Waals surface area (Å²) in [5.41, 5.74) is 0.107. The van der Waals surface area contributed by atoms with Crippen LogP contribution in [0.1, 0.15) is 37.7 Å². The van der Waals surface area contributed by atoms with E-state index in [-0.39, 0.29) is 30.3 Å². The molecule has 0 aliphatic rings. The SMILES string of the molecule is CCOC(=O)c1coc(NCCC(=O)NC(C)C)n1. The van der Waals surface area contributed by atoms with E-state index in [1.54, 1.807) is 6.92 Å². The maximum absolute atomic E-state index is 11.4. The molecule has 0 saturated heterocycles. The van der Waals surface area contributed by atoms with Crippen molar-refractivity contribution in [2.75, 3.05) is 18.5 Å². The van der Waals surface area contributed by atoms with E-state index in [1.165, 1.54) is 6.26 Å². The predicted octanol–water partition coefficient (Wildman–Crippen LogP) is 1.18. The quantitative estimate of drug-likeness (QED) is 0.722. The smallest absolute Gasteiger partial charge is 0.360 e. The number of oxazole rings is 1. The summed E-state index contributed by atoms with van der Waals surface area (Å²) in [5.74, 6) is -0.587. The van der Waals surface area contributed by atoms with Crippen molar-refractivity contribution in [3.63, 3.8) is 0 Å². The van der Waals surface area contributed by atoms with E-state index >= 15 is 0 Å². The van der Waals surface area contributed by atoms with Gasteiger partial charge < -0.3 is 19.8 Å². The van der Waals surface area contributed by atoms with Gasteiger partial charge in [0.05, 0.1) is 6.61 Å². The second-order valence-corrected chi connectivity index (χ2v) is 4.16. The number of aromatic nitrogens is 1. The van der Waals surface area contributed by atoms with E-state index < -0.39 is 5.97 Å². The lowest BCUT2D eigenvalue weighted by atomic mass is 10.3. The van der Waals surface area contributed by atoms with Gasteiger partial charge >= 0.3 is 5.97 Å². The highest BCUT2D eigenvalue weighted by Gasteiger charge is 2.13. The largest absolute Gasteiger partial charge is 0.461 e. The molecule has 0 atom stereocenters. The zero-order valence-corrected chi connectivity index (χ0v) is 11.4. The van der Waals surface area contributed by atoms with Gasteiger partial charge in [0.1, 0.15) is 6.26 Å². The van der Waals surface area contributed by atoms with Crippen molar-refractivity contribution in [3.8, 4) is 0 Å². The van der Waals surface area contributed by atoms with E-state index in [4.69, 9.17) is 9.15 Å². The normalized spacial score (nSPS) is 10.3. The lowest BCUT2D eigenvalue weighted by Gasteiger charge is -2.07. The molecule has 7 nitrogen and oxygen atoms in total. The molecule has 0 radical (unpaired) electrons. The maximum atomic E-state index is 11.4. The number of amides is 1. The first-order valence-electron chi connectivity index (χ1n) is 6.18. The number of rotatable bonds is 7. The van der Waals surface area contributed by atoms with Crippen LogP contribution < -0.4 is 10.6 Å². The van der Waals surface area contributed by atoms with Crippen molar-refractivity contribution in [1.82, 2.24) is 10.3 Å². The van der Waals surface area contributed by atoms with Crippen LogP contribution in [0.5, 0.6) is 0 Å². The van der Waals surface area contributed by atoms with E-state index in [0.717, 1.165) is 0 Å². The fourth-order valence-corrected chi connectivity index (χ4v) is 1.33. The first-order valence-corrected chi connectivity index (χ1v) is 6.18. The minimum atomic E-state index is -0.531. The third-order valence-corrected chi connectivity index (χ3v) is 2.07. The Hall–Kier alpha value is -2.05. The van der Waals surface area contributed by atoms with Crippen LogP contribution in [-0.4, -0.2) is 36.1 Å². The van der Waals surface area contributed by atoms with Crippen molar-refractivity contribution in [3.05, 3.63) is 12.0 Å². The molecule has 0 unspecified atom stereocenters. The summed E-state index contributed by atoms with van der Waals surface area (Å²) in [6.07, 6.45) is 1.52. The monoisotopic (exact) mass is 269 g/mol. The van der Waals surface area contributed by atoms with Gasteiger partial charge in [0, 0.05) is 19.0 Å². The van der Waals surface area contributed by atoms with E-state index in [0.29, 0.717) is 13.0 Å². The molecule has 1 amide bonds. The van der Waals surface area contributed by atoms with Gasteiger partial charge in [-0.3, -0.25) is 4.79 Å². The summed E-state index contributed by atoms with van der Waals surface area (Å²) in [5, 5.41) is 5.58. The Labute approximate surface area is 111 Å². The van der Waals surface area contributed by atoms with Crippen LogP contribution >= 0.6 is 0 Å². The molecule has 0 saturated carbocycles. The molecule has 0 aliphatic carbocycles. The number of carbonyl (C=O) groups excluding carboxylic acids is 2. The molecular formula is C12H19N3O4. The molecule has 0 aromatic carbocycles. The zero-order valence-electron chi connectivity index (χ0n) is 11.4. The third kappa shape index (κ3) is 5.41. The van der Waals surface area contributed by atoms with E-state index in [1.807, 2.05) is 13.8 Å². The van der Waals surface area contributed by atoms with Gasteiger partial charge in [-0.05, 0) is 20.8 Å². The zero-order chi connectivity index (χ0) is 14.3. The van der Waals surface area contributed by atoms with Gasteiger partial charge in [0.2, 0.25) is 5.91 Å². The van der Waals surface area contributed by atoms with Gasteiger partial charge in [0.25, 0.3) is 6.01 Å². The Morgan fingerprint density at radius 1 is 1.47 bits per heavy atom. The molecule has 0 spiro atoms. The van der Waals surface area contributed by atoms with E-state index in [9.17, 15) is 9.59 Å². The Kier molecular flexibility index (Phi) is 5.84. The Morgan fingerprint density at radius 3 is 2.84 bits per heavy atom. The van der Waals surface area contributed by atoms with Gasteiger partial charge in [0.15, 0.2) is 5.69 Å². The Morgan fingerprint density at radius 2 is 2.21 bits per heavy atom. The second-order valence-electron chi connectivity index (χ2n) is 4.16. The molecule has 1 aromatic heterocycles. The molecule has 7 heteroatoms. The Bertz CT molecular complexity index is 428. The van der Waals surface area contributed by atoms with Crippen molar-refractivity contribution < 1.29 is 18.7 Å². The van der Waals surface area contributed by atoms with Crippen molar-refractivity contribution in [2.24, 2.45) is 0 Å². The van der Waals surface area contributed by atoms with Crippen LogP contribution in [0, 0.1) is 0 Å². The number of nitrogens with zero attached hydrogens (tertiary/aromatic N) is 1. The third-order valence-electron chi connectivity index (χ3n) is 2.07. The number of anilines is 1. The molecule has 106 valence electrons. The maximum Gasteiger partial charge on any atom is 0.360 e. The standard InChI is InChI=1S/C12H19N3O4/c1-4-18-11(17)9-7-19-12(15-9)13-6-5-10(16)14-8(2)3/h7-8H,4-6H2,1-3H3,(H,13,15)(H,14,16). The highest BCUT2D eigenvalue weighted by molar-refractivity contribution is 5.87. The summed E-state index contributed by atoms with van der Waals surface area (Å²) in [4.78, 5) is 26.6. The summed E-state index contributed by atoms with van der Waals surface area (Å²) >= 11 is 0. The molecule has 19 heavy (non-hydrogen) atoms. The van der Waals surface area contributed by atoms with Crippen LogP contribution in [0.2, 0.25) is 0 Å². The minimum Gasteiger partial charge on any atom is -0.461 e. The van der Waals surface area contributed by atoms with Gasteiger partial charge in [-0.25, -0.2) is 4.79 Å². The first kappa shape index (κ1) is 15.0. The molecule has 0 aliphatic heterocycles. The van der Waals surface area contributed by atoms with Crippen LogP contribution in [0.25, 0.3) is 0 Å². The summed E-state index contributed by atoms with van der Waals surface area (Å²) < 4.78 is 9.81. The Balaban J connectivity index is 2.34. The van der Waals surface area contributed by atoms with Crippen LogP contribution in [0.4, 0.5) is 6.01 Å². The molecule has 1 aromatic rings. The average Bonchev–Trinajstić information content (AvgIpc) is 2.77. The number of esters is 1. The molecule has 2 N–H and O–H groups in total. The number of hydrogen-bond donors (Lipinski definition) is 2. The fourth-order valence-electron chi connectivity index (χ4n) is 1.33. The number of ether oxygens (including phenoxy) is 1. The topological polar surface area (TPSA) is 93.5 Å².